The van der Waals surface area contributed by atoms with E-state index < -0.39 is 18.0 Å². The van der Waals surface area contributed by atoms with Crippen LogP contribution in [0.2, 0.25) is 0 Å². The molecule has 1 unspecified atom stereocenters. The van der Waals surface area contributed by atoms with E-state index in [-0.39, 0.29) is 6.42 Å². The molecule has 0 amide bonds. The minimum Gasteiger partial charge on any atom is -0.479 e. The lowest BCUT2D eigenvalue weighted by Gasteiger charge is -2.07. The predicted octanol–water partition coefficient (Wildman–Crippen LogP) is -0.388. The third-order valence-corrected chi connectivity index (χ3v) is 1.24. The Hall–Kier alpha value is -1.10. The lowest BCUT2D eigenvalue weighted by molar-refractivity contribution is -0.162. The minimum atomic E-state index is -1.13. The van der Waals surface area contributed by atoms with Gasteiger partial charge in [0.2, 0.25) is 0 Å². The average Bonchev–Trinajstić information content (AvgIpc) is 2.00. The zero-order chi connectivity index (χ0) is 9.56. The van der Waals surface area contributed by atoms with E-state index in [0.29, 0.717) is 6.54 Å². The number of hydrogen-bond acceptors (Lipinski definition) is 4. The molecule has 0 saturated heterocycles. The number of carboxylic acids is 1. The Morgan fingerprint density at radius 1 is 1.58 bits per heavy atom. The van der Waals surface area contributed by atoms with Crippen molar-refractivity contribution in [1.82, 2.24) is 5.32 Å². The third kappa shape index (κ3) is 4.68. The molecule has 0 bridgehead atoms. The standard InChI is InChI=1S/C7H13NO4/c1-5(7(10)11)12-6(9)3-4-8-2/h5,8H,3-4H2,1-2H3,(H,10,11). The first-order chi connectivity index (χ1) is 5.57. The molecule has 0 aromatic carbocycles. The summed E-state index contributed by atoms with van der Waals surface area (Å²) in [4.78, 5) is 21.0. The number of carbonyl (C=O) groups is 2. The van der Waals surface area contributed by atoms with Crippen LogP contribution < -0.4 is 5.32 Å². The molecule has 5 heteroatoms. The lowest BCUT2D eigenvalue weighted by Crippen LogP contribution is -2.25. The summed E-state index contributed by atoms with van der Waals surface area (Å²) in [5, 5.41) is 11.1. The van der Waals surface area contributed by atoms with Crippen LogP contribution in [0, 0.1) is 0 Å². The molecule has 0 fully saturated rings. The van der Waals surface area contributed by atoms with Gasteiger partial charge in [-0.15, -0.1) is 0 Å². The minimum absolute atomic E-state index is 0.189. The van der Waals surface area contributed by atoms with Gasteiger partial charge in [-0.05, 0) is 14.0 Å². The number of hydrogen-bond donors (Lipinski definition) is 2. The molecule has 5 nitrogen and oxygen atoms in total. The predicted molar refractivity (Wildman–Crippen MR) is 41.7 cm³/mol. The fraction of sp³-hybridized carbons (Fsp3) is 0.714. The lowest BCUT2D eigenvalue weighted by atomic mass is 10.4. The smallest absolute Gasteiger partial charge is 0.344 e. The summed E-state index contributed by atoms with van der Waals surface area (Å²) >= 11 is 0. The second-order valence-corrected chi connectivity index (χ2v) is 2.32. The molecule has 70 valence electrons. The van der Waals surface area contributed by atoms with Gasteiger partial charge in [0, 0.05) is 6.54 Å². The normalized spacial score (nSPS) is 12.2. The van der Waals surface area contributed by atoms with Crippen molar-refractivity contribution in [2.45, 2.75) is 19.4 Å². The maximum absolute atomic E-state index is 10.8. The fourth-order valence-corrected chi connectivity index (χ4v) is 0.534. The highest BCUT2D eigenvalue weighted by molar-refractivity contribution is 5.77. The van der Waals surface area contributed by atoms with Crippen LogP contribution in [0.1, 0.15) is 13.3 Å². The van der Waals surface area contributed by atoms with Crippen LogP contribution >= 0.6 is 0 Å². The van der Waals surface area contributed by atoms with Gasteiger partial charge in [-0.25, -0.2) is 4.79 Å². The van der Waals surface area contributed by atoms with Gasteiger partial charge in [-0.1, -0.05) is 0 Å². The van der Waals surface area contributed by atoms with Gasteiger partial charge in [0.05, 0.1) is 6.42 Å². The first kappa shape index (κ1) is 10.9. The highest BCUT2D eigenvalue weighted by Crippen LogP contribution is 1.93. The van der Waals surface area contributed by atoms with E-state index in [1.165, 1.54) is 6.92 Å². The molecular formula is C7H13NO4. The summed E-state index contributed by atoms with van der Waals surface area (Å²) < 4.78 is 4.54. The first-order valence-electron chi connectivity index (χ1n) is 3.64. The molecule has 1 atom stereocenters. The van der Waals surface area contributed by atoms with Crippen molar-refractivity contribution in [2.75, 3.05) is 13.6 Å². The van der Waals surface area contributed by atoms with Gasteiger partial charge in [0.15, 0.2) is 6.10 Å². The van der Waals surface area contributed by atoms with E-state index in [9.17, 15) is 9.59 Å². The number of rotatable bonds is 5. The maximum atomic E-state index is 10.8. The van der Waals surface area contributed by atoms with Crippen LogP contribution in [0.3, 0.4) is 0 Å². The molecule has 0 radical (unpaired) electrons. The third-order valence-electron chi connectivity index (χ3n) is 1.24. The van der Waals surface area contributed by atoms with Gasteiger partial charge in [0.1, 0.15) is 0 Å². The average molecular weight is 175 g/mol. The zero-order valence-corrected chi connectivity index (χ0v) is 7.16. The number of ether oxygens (including phenoxy) is 1. The van der Waals surface area contributed by atoms with Crippen molar-refractivity contribution in [3.63, 3.8) is 0 Å². The number of carboxylic acid groups (broad SMARTS) is 1. The molecule has 0 aliphatic rings. The van der Waals surface area contributed by atoms with Crippen LogP contribution in [0.4, 0.5) is 0 Å². The van der Waals surface area contributed by atoms with Gasteiger partial charge in [0.25, 0.3) is 0 Å². The highest BCUT2D eigenvalue weighted by atomic mass is 16.6. The molecule has 0 rings (SSSR count). The fourth-order valence-electron chi connectivity index (χ4n) is 0.534. The van der Waals surface area contributed by atoms with Crippen LogP contribution in [-0.2, 0) is 14.3 Å². The summed E-state index contributed by atoms with van der Waals surface area (Å²) in [5.41, 5.74) is 0. The molecule has 12 heavy (non-hydrogen) atoms. The van der Waals surface area contributed by atoms with E-state index >= 15 is 0 Å². The Labute approximate surface area is 70.7 Å². The first-order valence-corrected chi connectivity index (χ1v) is 3.64. The molecule has 0 aliphatic heterocycles. The Morgan fingerprint density at radius 3 is 2.58 bits per heavy atom. The van der Waals surface area contributed by atoms with Gasteiger partial charge < -0.3 is 15.2 Å². The van der Waals surface area contributed by atoms with E-state index in [0.717, 1.165) is 0 Å². The summed E-state index contributed by atoms with van der Waals surface area (Å²) in [5.74, 6) is -1.63. The van der Waals surface area contributed by atoms with E-state index in [1.807, 2.05) is 0 Å². The van der Waals surface area contributed by atoms with Gasteiger partial charge in [-0.2, -0.15) is 0 Å². The summed E-state index contributed by atoms with van der Waals surface area (Å²) in [7, 11) is 1.70. The van der Waals surface area contributed by atoms with Crippen molar-refractivity contribution in [3.05, 3.63) is 0 Å². The van der Waals surface area contributed by atoms with Gasteiger partial charge >= 0.3 is 11.9 Å². The van der Waals surface area contributed by atoms with E-state index in [4.69, 9.17) is 5.11 Å². The van der Waals surface area contributed by atoms with E-state index in [1.54, 1.807) is 7.05 Å². The Bertz CT molecular complexity index is 169. The second-order valence-electron chi connectivity index (χ2n) is 2.32. The second kappa shape index (κ2) is 5.54. The summed E-state index contributed by atoms with van der Waals surface area (Å²) in [6, 6.07) is 0. The highest BCUT2D eigenvalue weighted by Gasteiger charge is 2.15. The molecule has 0 spiro atoms. The summed E-state index contributed by atoms with van der Waals surface area (Å²) in [6.45, 7) is 1.81. The topological polar surface area (TPSA) is 75.6 Å². The van der Waals surface area contributed by atoms with Crippen molar-refractivity contribution in [1.29, 1.82) is 0 Å². The molecule has 0 aliphatic carbocycles. The van der Waals surface area contributed by atoms with Crippen LogP contribution in [0.5, 0.6) is 0 Å². The Balaban J connectivity index is 3.61. The van der Waals surface area contributed by atoms with Crippen LogP contribution in [0.15, 0.2) is 0 Å². The maximum Gasteiger partial charge on any atom is 0.344 e. The molecule has 0 aromatic heterocycles. The van der Waals surface area contributed by atoms with Crippen molar-refractivity contribution in [2.24, 2.45) is 0 Å². The van der Waals surface area contributed by atoms with Crippen molar-refractivity contribution in [3.8, 4) is 0 Å². The molecular weight excluding hydrogens is 162 g/mol. The molecule has 0 saturated carbocycles. The molecule has 2 N–H and O–H groups in total. The number of carbonyl (C=O) groups excluding carboxylic acids is 1. The quantitative estimate of drug-likeness (QED) is 0.557. The number of nitrogens with one attached hydrogen (secondary N) is 1. The Kier molecular flexibility index (Phi) is 5.03. The van der Waals surface area contributed by atoms with Crippen LogP contribution in [-0.4, -0.2) is 36.7 Å². The number of esters is 1. The summed E-state index contributed by atoms with van der Waals surface area (Å²) in [6.07, 6.45) is -0.872. The molecule has 0 heterocycles. The Morgan fingerprint density at radius 2 is 2.17 bits per heavy atom. The van der Waals surface area contributed by atoms with Crippen molar-refractivity contribution >= 4 is 11.9 Å². The monoisotopic (exact) mass is 175 g/mol. The van der Waals surface area contributed by atoms with Gasteiger partial charge in [-0.3, -0.25) is 4.79 Å². The van der Waals surface area contributed by atoms with E-state index in [2.05, 4.69) is 10.1 Å². The zero-order valence-electron chi connectivity index (χ0n) is 7.16. The number of aliphatic carboxylic acids is 1. The largest absolute Gasteiger partial charge is 0.479 e. The van der Waals surface area contributed by atoms with Crippen LogP contribution in [0.25, 0.3) is 0 Å². The SMILES string of the molecule is CNCCC(=O)OC(C)C(=O)O. The molecule has 0 aromatic rings. The van der Waals surface area contributed by atoms with Crippen molar-refractivity contribution < 1.29 is 19.4 Å².